The van der Waals surface area contributed by atoms with Crippen molar-refractivity contribution in [2.45, 2.75) is 12.5 Å². The van der Waals surface area contributed by atoms with Gasteiger partial charge in [-0.15, -0.1) is 0 Å². The number of rotatable bonds is 5. The molecule has 1 atom stereocenters. The van der Waals surface area contributed by atoms with Crippen molar-refractivity contribution in [3.63, 3.8) is 0 Å². The maximum atomic E-state index is 12.9. The summed E-state index contributed by atoms with van der Waals surface area (Å²) in [6.45, 7) is 0. The zero-order valence-electron chi connectivity index (χ0n) is 14.5. The van der Waals surface area contributed by atoms with Crippen LogP contribution in [0.5, 0.6) is 0 Å². The first-order valence-corrected chi connectivity index (χ1v) is 9.06. The zero-order chi connectivity index (χ0) is 19.4. The van der Waals surface area contributed by atoms with Gasteiger partial charge in [-0.05, 0) is 34.5 Å². The van der Waals surface area contributed by atoms with E-state index in [9.17, 15) is 9.59 Å². The predicted molar refractivity (Wildman–Crippen MR) is 107 cm³/mol. The summed E-state index contributed by atoms with van der Waals surface area (Å²) in [6.07, 6.45) is 0.127. The van der Waals surface area contributed by atoms with Crippen LogP contribution in [0.4, 0.5) is 0 Å². The van der Waals surface area contributed by atoms with Gasteiger partial charge in [-0.1, -0.05) is 65.7 Å². The van der Waals surface area contributed by atoms with Gasteiger partial charge < -0.3 is 10.1 Å². The lowest BCUT2D eigenvalue weighted by Gasteiger charge is -2.18. The van der Waals surface area contributed by atoms with Crippen molar-refractivity contribution >= 4 is 45.9 Å². The fourth-order valence-corrected chi connectivity index (χ4v) is 3.48. The molecular weight excluding hydrogens is 385 g/mol. The van der Waals surface area contributed by atoms with E-state index < -0.39 is 12.0 Å². The molecule has 0 unspecified atom stereocenters. The van der Waals surface area contributed by atoms with Crippen molar-refractivity contribution in [3.05, 3.63) is 81.8 Å². The largest absolute Gasteiger partial charge is 0.467 e. The highest BCUT2D eigenvalue weighted by molar-refractivity contribution is 6.36. The average molecular weight is 402 g/mol. The van der Waals surface area contributed by atoms with Gasteiger partial charge in [0.05, 0.1) is 7.11 Å². The molecule has 0 saturated carbocycles. The topological polar surface area (TPSA) is 55.4 Å². The molecule has 3 rings (SSSR count). The molecule has 3 aromatic carbocycles. The van der Waals surface area contributed by atoms with E-state index in [0.29, 0.717) is 21.2 Å². The van der Waals surface area contributed by atoms with Crippen LogP contribution in [-0.4, -0.2) is 25.0 Å². The Hall–Kier alpha value is -2.56. The number of hydrogen-bond acceptors (Lipinski definition) is 3. The Morgan fingerprint density at radius 1 is 0.963 bits per heavy atom. The lowest BCUT2D eigenvalue weighted by Crippen LogP contribution is -2.43. The smallest absolute Gasteiger partial charge is 0.328 e. The minimum atomic E-state index is -0.918. The third kappa shape index (κ3) is 4.24. The van der Waals surface area contributed by atoms with Crippen LogP contribution in [0.1, 0.15) is 15.9 Å². The first kappa shape index (κ1) is 19.2. The lowest BCUT2D eigenvalue weighted by molar-refractivity contribution is -0.142. The molecule has 27 heavy (non-hydrogen) atoms. The summed E-state index contributed by atoms with van der Waals surface area (Å²) >= 11 is 12.4. The molecule has 0 aliphatic carbocycles. The number of fused-ring (bicyclic) bond motifs is 1. The summed E-state index contributed by atoms with van der Waals surface area (Å²) in [4.78, 5) is 25.1. The van der Waals surface area contributed by atoms with Crippen LogP contribution in [0.3, 0.4) is 0 Å². The van der Waals surface area contributed by atoms with E-state index >= 15 is 0 Å². The second-order valence-corrected chi connectivity index (χ2v) is 6.79. The predicted octanol–water partition coefficient (Wildman–Crippen LogP) is 4.66. The number of nitrogens with one attached hydrogen (secondary N) is 1. The first-order chi connectivity index (χ1) is 13.0. The Morgan fingerprint density at radius 3 is 2.30 bits per heavy atom. The normalized spacial score (nSPS) is 11.8. The highest BCUT2D eigenvalue weighted by atomic mass is 35.5. The van der Waals surface area contributed by atoms with Gasteiger partial charge in [0.15, 0.2) is 0 Å². The maximum Gasteiger partial charge on any atom is 0.328 e. The van der Waals surface area contributed by atoms with E-state index in [-0.39, 0.29) is 12.3 Å². The molecule has 1 amide bonds. The van der Waals surface area contributed by atoms with Crippen molar-refractivity contribution < 1.29 is 14.3 Å². The number of hydrogen-bond donors (Lipinski definition) is 1. The number of carbonyl (C=O) groups is 2. The molecule has 0 aliphatic rings. The second kappa shape index (κ2) is 8.42. The number of esters is 1. The summed E-state index contributed by atoms with van der Waals surface area (Å²) in [7, 11) is 1.27. The van der Waals surface area contributed by atoms with Crippen molar-refractivity contribution in [2.24, 2.45) is 0 Å². The van der Waals surface area contributed by atoms with Crippen LogP contribution in [-0.2, 0) is 16.0 Å². The third-order valence-corrected chi connectivity index (χ3v) is 5.00. The van der Waals surface area contributed by atoms with Crippen molar-refractivity contribution in [3.8, 4) is 0 Å². The second-order valence-electron chi connectivity index (χ2n) is 5.98. The molecule has 0 aromatic heterocycles. The first-order valence-electron chi connectivity index (χ1n) is 8.30. The standard InChI is InChI=1S/C21H17Cl2NO3/c1-27-21(26)19(12-16-17(22)10-5-11-18(16)23)24-20(25)15-9-4-7-13-6-2-3-8-14(13)15/h2-11,19H,12H2,1H3,(H,24,25)/t19-/m1/s1. The molecular formula is C21H17Cl2NO3. The van der Waals surface area contributed by atoms with Crippen molar-refractivity contribution in [2.75, 3.05) is 7.11 Å². The van der Waals surface area contributed by atoms with Gasteiger partial charge in [0.1, 0.15) is 6.04 Å². The molecule has 6 heteroatoms. The summed E-state index contributed by atoms with van der Waals surface area (Å²) in [6, 6.07) is 17.2. The number of halogens is 2. The number of benzene rings is 3. The van der Waals surface area contributed by atoms with Gasteiger partial charge in [0.25, 0.3) is 5.91 Å². The highest BCUT2D eigenvalue weighted by Crippen LogP contribution is 2.26. The number of carbonyl (C=O) groups excluding carboxylic acids is 2. The molecule has 3 aromatic rings. The van der Waals surface area contributed by atoms with Crippen LogP contribution in [0.25, 0.3) is 10.8 Å². The molecule has 4 nitrogen and oxygen atoms in total. The van der Waals surface area contributed by atoms with Crippen LogP contribution in [0, 0.1) is 0 Å². The lowest BCUT2D eigenvalue weighted by atomic mass is 10.0. The quantitative estimate of drug-likeness (QED) is 0.632. The van der Waals surface area contributed by atoms with Gasteiger partial charge in [-0.3, -0.25) is 4.79 Å². The van der Waals surface area contributed by atoms with Gasteiger partial charge in [-0.25, -0.2) is 4.79 Å². The molecule has 0 radical (unpaired) electrons. The number of amides is 1. The molecule has 0 aliphatic heterocycles. The Balaban J connectivity index is 1.90. The van der Waals surface area contributed by atoms with E-state index in [0.717, 1.165) is 10.8 Å². The van der Waals surface area contributed by atoms with Crippen LogP contribution >= 0.6 is 23.2 Å². The summed E-state index contributed by atoms with van der Waals surface area (Å²) in [5.41, 5.74) is 1.06. The molecule has 0 heterocycles. The summed E-state index contributed by atoms with van der Waals surface area (Å²) in [5, 5.41) is 5.34. The van der Waals surface area contributed by atoms with E-state index in [2.05, 4.69) is 5.32 Å². The Labute approximate surface area is 167 Å². The van der Waals surface area contributed by atoms with E-state index in [1.807, 2.05) is 30.3 Å². The number of ether oxygens (including phenoxy) is 1. The summed E-state index contributed by atoms with van der Waals surface area (Å²) in [5.74, 6) is -0.940. The highest BCUT2D eigenvalue weighted by Gasteiger charge is 2.25. The van der Waals surface area contributed by atoms with E-state index in [4.69, 9.17) is 27.9 Å². The van der Waals surface area contributed by atoms with Gasteiger partial charge in [-0.2, -0.15) is 0 Å². The molecule has 0 fully saturated rings. The van der Waals surface area contributed by atoms with Gasteiger partial charge in [0, 0.05) is 22.0 Å². The molecule has 1 N–H and O–H groups in total. The van der Waals surface area contributed by atoms with Crippen LogP contribution < -0.4 is 5.32 Å². The minimum absolute atomic E-state index is 0.127. The Bertz CT molecular complexity index is 978. The molecule has 0 spiro atoms. The summed E-state index contributed by atoms with van der Waals surface area (Å²) < 4.78 is 4.85. The van der Waals surface area contributed by atoms with Crippen LogP contribution in [0.15, 0.2) is 60.7 Å². The fourth-order valence-electron chi connectivity index (χ4n) is 2.93. The average Bonchev–Trinajstić information content (AvgIpc) is 2.68. The third-order valence-electron chi connectivity index (χ3n) is 4.30. The van der Waals surface area contributed by atoms with E-state index in [1.165, 1.54) is 7.11 Å². The van der Waals surface area contributed by atoms with Gasteiger partial charge >= 0.3 is 5.97 Å². The van der Waals surface area contributed by atoms with E-state index in [1.54, 1.807) is 30.3 Å². The SMILES string of the molecule is COC(=O)[C@@H](Cc1c(Cl)cccc1Cl)NC(=O)c1cccc2ccccc12. The molecule has 0 bridgehead atoms. The monoisotopic (exact) mass is 401 g/mol. The Morgan fingerprint density at radius 2 is 1.59 bits per heavy atom. The molecule has 138 valence electrons. The maximum absolute atomic E-state index is 12.9. The van der Waals surface area contributed by atoms with Crippen LogP contribution in [0.2, 0.25) is 10.0 Å². The Kier molecular flexibility index (Phi) is 5.99. The molecule has 0 saturated heterocycles. The van der Waals surface area contributed by atoms with Gasteiger partial charge in [0.2, 0.25) is 0 Å². The minimum Gasteiger partial charge on any atom is -0.467 e. The fraction of sp³-hybridized carbons (Fsp3) is 0.143. The zero-order valence-corrected chi connectivity index (χ0v) is 16.1. The number of methoxy groups -OCH3 is 1. The van der Waals surface area contributed by atoms with Crippen molar-refractivity contribution in [1.29, 1.82) is 0 Å². The van der Waals surface area contributed by atoms with Crippen molar-refractivity contribution in [1.82, 2.24) is 5.32 Å².